The van der Waals surface area contributed by atoms with Gasteiger partial charge in [-0.2, -0.15) is 0 Å². The Morgan fingerprint density at radius 1 is 1.11 bits per heavy atom. The van der Waals surface area contributed by atoms with Gasteiger partial charge < -0.3 is 9.88 Å². The molecule has 0 aliphatic heterocycles. The van der Waals surface area contributed by atoms with Gasteiger partial charge in [0.25, 0.3) is 0 Å². The maximum Gasteiger partial charge on any atom is 0.160 e. The average Bonchev–Trinajstić information content (AvgIpc) is 3.02. The molecular formula is C14H17N5. The Bertz CT molecular complexity index is 667. The lowest BCUT2D eigenvalue weighted by atomic mass is 10.3. The molecule has 0 fully saturated rings. The average molecular weight is 255 g/mol. The van der Waals surface area contributed by atoms with E-state index in [1.807, 2.05) is 28.8 Å². The zero-order valence-electron chi connectivity index (χ0n) is 11.0. The topological polar surface area (TPSA) is 47.2 Å². The predicted molar refractivity (Wildman–Crippen MR) is 73.8 cm³/mol. The van der Waals surface area contributed by atoms with Gasteiger partial charge in [0.1, 0.15) is 5.82 Å². The van der Waals surface area contributed by atoms with E-state index in [1.165, 1.54) is 5.69 Å². The zero-order chi connectivity index (χ0) is 13.1. The fourth-order valence-electron chi connectivity index (χ4n) is 2.16. The van der Waals surface area contributed by atoms with Crippen LogP contribution in [0.1, 0.15) is 11.5 Å². The molecule has 3 heterocycles. The molecule has 98 valence electrons. The van der Waals surface area contributed by atoms with Gasteiger partial charge in [-0.05, 0) is 24.3 Å². The first-order chi connectivity index (χ1) is 9.34. The van der Waals surface area contributed by atoms with Crippen LogP contribution in [0.4, 0.5) is 0 Å². The second kappa shape index (κ2) is 5.24. The second-order valence-corrected chi connectivity index (χ2v) is 4.58. The van der Waals surface area contributed by atoms with Crippen LogP contribution in [-0.2, 0) is 20.0 Å². The minimum absolute atomic E-state index is 0.871. The van der Waals surface area contributed by atoms with Gasteiger partial charge in [-0.25, -0.2) is 0 Å². The van der Waals surface area contributed by atoms with E-state index in [0.29, 0.717) is 0 Å². The van der Waals surface area contributed by atoms with Crippen LogP contribution >= 0.6 is 0 Å². The largest absolute Gasteiger partial charge is 0.353 e. The SMILES string of the molecule is Cn1cccc1CNCCc1nnc2ccccn12. The van der Waals surface area contributed by atoms with Crippen molar-refractivity contribution in [1.82, 2.24) is 24.5 Å². The molecule has 1 N–H and O–H groups in total. The first-order valence-electron chi connectivity index (χ1n) is 6.44. The summed E-state index contributed by atoms with van der Waals surface area (Å²) in [5, 5.41) is 11.8. The third-order valence-electron chi connectivity index (χ3n) is 3.27. The summed E-state index contributed by atoms with van der Waals surface area (Å²) in [7, 11) is 2.06. The first-order valence-corrected chi connectivity index (χ1v) is 6.44. The van der Waals surface area contributed by atoms with Crippen LogP contribution in [0.2, 0.25) is 0 Å². The van der Waals surface area contributed by atoms with Crippen molar-refractivity contribution in [3.63, 3.8) is 0 Å². The van der Waals surface area contributed by atoms with Crippen molar-refractivity contribution >= 4 is 5.65 Å². The summed E-state index contributed by atoms with van der Waals surface area (Å²) in [6, 6.07) is 10.1. The van der Waals surface area contributed by atoms with Gasteiger partial charge in [-0.15, -0.1) is 10.2 Å². The number of fused-ring (bicyclic) bond motifs is 1. The Kier molecular flexibility index (Phi) is 3.29. The number of rotatable bonds is 5. The summed E-state index contributed by atoms with van der Waals surface area (Å²) in [4.78, 5) is 0. The smallest absolute Gasteiger partial charge is 0.160 e. The molecule has 5 nitrogen and oxygen atoms in total. The molecule has 19 heavy (non-hydrogen) atoms. The third-order valence-corrected chi connectivity index (χ3v) is 3.27. The summed E-state index contributed by atoms with van der Waals surface area (Å²) < 4.78 is 4.16. The molecular weight excluding hydrogens is 238 g/mol. The van der Waals surface area contributed by atoms with Crippen LogP contribution in [0.5, 0.6) is 0 Å². The van der Waals surface area contributed by atoms with Crippen molar-refractivity contribution in [2.45, 2.75) is 13.0 Å². The number of aromatic nitrogens is 4. The van der Waals surface area contributed by atoms with Gasteiger partial charge >= 0.3 is 0 Å². The number of hydrogen-bond acceptors (Lipinski definition) is 3. The molecule has 0 aromatic carbocycles. The highest BCUT2D eigenvalue weighted by Crippen LogP contribution is 2.03. The standard InChI is InChI=1S/C14H17N5/c1-18-9-4-5-12(18)11-15-8-7-14-17-16-13-6-2-3-10-19(13)14/h2-6,9-10,15H,7-8,11H2,1H3. The zero-order valence-corrected chi connectivity index (χ0v) is 11.0. The molecule has 3 aromatic heterocycles. The summed E-state index contributed by atoms with van der Waals surface area (Å²) in [5.41, 5.74) is 2.19. The number of nitrogens with one attached hydrogen (secondary N) is 1. The molecule has 0 radical (unpaired) electrons. The quantitative estimate of drug-likeness (QED) is 0.701. The molecule has 0 spiro atoms. The van der Waals surface area contributed by atoms with Crippen molar-refractivity contribution < 1.29 is 0 Å². The Balaban J connectivity index is 1.57. The van der Waals surface area contributed by atoms with E-state index in [9.17, 15) is 0 Å². The normalized spacial score (nSPS) is 11.2. The lowest BCUT2D eigenvalue weighted by Crippen LogP contribution is -2.19. The molecule has 5 heteroatoms. The molecule has 0 bridgehead atoms. The molecule has 3 aromatic rings. The highest BCUT2D eigenvalue weighted by molar-refractivity contribution is 5.36. The Hall–Kier alpha value is -2.14. The maximum absolute atomic E-state index is 4.22. The summed E-state index contributed by atoms with van der Waals surface area (Å²) in [6.07, 6.45) is 4.93. The highest BCUT2D eigenvalue weighted by atomic mass is 15.2. The van der Waals surface area contributed by atoms with E-state index in [2.05, 4.69) is 45.5 Å². The van der Waals surface area contributed by atoms with Gasteiger partial charge in [0.15, 0.2) is 5.65 Å². The van der Waals surface area contributed by atoms with Crippen LogP contribution in [0.15, 0.2) is 42.7 Å². The van der Waals surface area contributed by atoms with Crippen molar-refractivity contribution in [2.24, 2.45) is 7.05 Å². The summed E-state index contributed by atoms with van der Waals surface area (Å²) >= 11 is 0. The molecule has 0 atom stereocenters. The first kappa shape index (κ1) is 11.9. The van der Waals surface area contributed by atoms with Gasteiger partial charge in [0, 0.05) is 44.6 Å². The van der Waals surface area contributed by atoms with E-state index in [0.717, 1.165) is 31.0 Å². The molecule has 3 rings (SSSR count). The maximum atomic E-state index is 4.22. The number of hydrogen-bond donors (Lipinski definition) is 1. The minimum atomic E-state index is 0.871. The van der Waals surface area contributed by atoms with Crippen molar-refractivity contribution in [3.05, 3.63) is 54.2 Å². The fourth-order valence-corrected chi connectivity index (χ4v) is 2.16. The van der Waals surface area contributed by atoms with Gasteiger partial charge in [0.05, 0.1) is 0 Å². The van der Waals surface area contributed by atoms with Crippen molar-refractivity contribution in [2.75, 3.05) is 6.54 Å². The van der Waals surface area contributed by atoms with E-state index >= 15 is 0 Å². The lowest BCUT2D eigenvalue weighted by Gasteiger charge is -2.05. The molecule has 0 unspecified atom stereocenters. The Labute approximate surface area is 111 Å². The van der Waals surface area contributed by atoms with Gasteiger partial charge in [-0.1, -0.05) is 6.07 Å². The van der Waals surface area contributed by atoms with Crippen molar-refractivity contribution in [3.8, 4) is 0 Å². The molecule has 0 saturated heterocycles. The van der Waals surface area contributed by atoms with Gasteiger partial charge in [-0.3, -0.25) is 4.40 Å². The van der Waals surface area contributed by atoms with Gasteiger partial charge in [0.2, 0.25) is 0 Å². The second-order valence-electron chi connectivity index (χ2n) is 4.58. The van der Waals surface area contributed by atoms with E-state index in [1.54, 1.807) is 0 Å². The van der Waals surface area contributed by atoms with Crippen LogP contribution in [0.25, 0.3) is 5.65 Å². The molecule has 0 saturated carbocycles. The summed E-state index contributed by atoms with van der Waals surface area (Å²) in [6.45, 7) is 1.76. The summed E-state index contributed by atoms with van der Waals surface area (Å²) in [5.74, 6) is 0.995. The Morgan fingerprint density at radius 3 is 2.89 bits per heavy atom. The van der Waals surface area contributed by atoms with Crippen LogP contribution in [-0.4, -0.2) is 25.7 Å². The van der Waals surface area contributed by atoms with Crippen LogP contribution in [0, 0.1) is 0 Å². The monoisotopic (exact) mass is 255 g/mol. The molecule has 0 aliphatic rings. The lowest BCUT2D eigenvalue weighted by molar-refractivity contribution is 0.639. The third kappa shape index (κ3) is 2.51. The van der Waals surface area contributed by atoms with Crippen molar-refractivity contribution in [1.29, 1.82) is 0 Å². The van der Waals surface area contributed by atoms with E-state index in [-0.39, 0.29) is 0 Å². The Morgan fingerprint density at radius 2 is 2.05 bits per heavy atom. The number of aryl methyl sites for hydroxylation is 1. The van der Waals surface area contributed by atoms with Crippen LogP contribution in [0.3, 0.4) is 0 Å². The van der Waals surface area contributed by atoms with E-state index in [4.69, 9.17) is 0 Å². The molecule has 0 amide bonds. The highest BCUT2D eigenvalue weighted by Gasteiger charge is 2.03. The fraction of sp³-hybridized carbons (Fsp3) is 0.286. The number of pyridine rings is 1. The predicted octanol–water partition coefficient (Wildman–Crippen LogP) is 1.40. The van der Waals surface area contributed by atoms with Crippen LogP contribution < -0.4 is 5.32 Å². The minimum Gasteiger partial charge on any atom is -0.353 e. The number of nitrogens with zero attached hydrogens (tertiary/aromatic N) is 4. The van der Waals surface area contributed by atoms with E-state index < -0.39 is 0 Å². The molecule has 0 aliphatic carbocycles.